The quantitative estimate of drug-likeness (QED) is 0.503. The Hall–Kier alpha value is -1.65. The summed E-state index contributed by atoms with van der Waals surface area (Å²) in [4.78, 5) is 12.1. The lowest BCUT2D eigenvalue weighted by atomic mass is 10.00. The molecule has 2 nitrogen and oxygen atoms in total. The Kier molecular flexibility index (Phi) is 6.58. The number of carbonyl (C=O) groups excluding carboxylic acids is 1. The Bertz CT molecular complexity index is 698. The van der Waals surface area contributed by atoms with Crippen molar-refractivity contribution < 1.29 is 13.9 Å². The summed E-state index contributed by atoms with van der Waals surface area (Å²) in [6, 6.07) is 13.0. The highest BCUT2D eigenvalue weighted by Gasteiger charge is 2.18. The van der Waals surface area contributed by atoms with Crippen LogP contribution >= 0.6 is 11.8 Å². The summed E-state index contributed by atoms with van der Waals surface area (Å²) in [6.07, 6.45) is 1.62. The fraction of sp³-hybridized carbons (Fsp3) is 0.350. The lowest BCUT2D eigenvalue weighted by Crippen LogP contribution is -2.16. The van der Waals surface area contributed by atoms with Crippen LogP contribution in [0.4, 0.5) is 4.39 Å². The van der Waals surface area contributed by atoms with Crippen molar-refractivity contribution in [3.8, 4) is 0 Å². The molecule has 0 fully saturated rings. The van der Waals surface area contributed by atoms with E-state index in [0.29, 0.717) is 18.8 Å². The van der Waals surface area contributed by atoms with E-state index in [-0.39, 0.29) is 5.82 Å². The fourth-order valence-electron chi connectivity index (χ4n) is 2.34. The van der Waals surface area contributed by atoms with Crippen LogP contribution in [0.2, 0.25) is 0 Å². The summed E-state index contributed by atoms with van der Waals surface area (Å²) in [5, 5.41) is 0. The van der Waals surface area contributed by atoms with Gasteiger partial charge in [-0.2, -0.15) is 0 Å². The maximum absolute atomic E-state index is 13.7. The van der Waals surface area contributed by atoms with Crippen molar-refractivity contribution in [2.45, 2.75) is 31.8 Å². The molecule has 0 radical (unpaired) electrons. The van der Waals surface area contributed by atoms with E-state index in [1.165, 1.54) is 6.07 Å². The van der Waals surface area contributed by atoms with Gasteiger partial charge < -0.3 is 9.53 Å². The van der Waals surface area contributed by atoms with Crippen molar-refractivity contribution in [3.05, 3.63) is 65.0 Å². The minimum Gasteiger partial charge on any atom is -0.380 e. The third kappa shape index (κ3) is 5.46. The van der Waals surface area contributed by atoms with Gasteiger partial charge in [-0.3, -0.25) is 0 Å². The van der Waals surface area contributed by atoms with Crippen molar-refractivity contribution in [1.29, 1.82) is 0 Å². The summed E-state index contributed by atoms with van der Waals surface area (Å²) < 4.78 is 18.9. The van der Waals surface area contributed by atoms with Gasteiger partial charge in [0.1, 0.15) is 12.1 Å². The summed E-state index contributed by atoms with van der Waals surface area (Å²) in [7, 11) is 1.67. The number of halogens is 1. The number of methoxy groups -OCH3 is 1. The average molecular weight is 346 g/mol. The van der Waals surface area contributed by atoms with Crippen LogP contribution in [-0.2, 0) is 22.6 Å². The van der Waals surface area contributed by atoms with Gasteiger partial charge in [-0.25, -0.2) is 4.39 Å². The first-order valence-electron chi connectivity index (χ1n) is 7.88. The van der Waals surface area contributed by atoms with Gasteiger partial charge in [-0.15, -0.1) is 11.8 Å². The molecule has 0 amide bonds. The highest BCUT2D eigenvalue weighted by Crippen LogP contribution is 2.30. The van der Waals surface area contributed by atoms with Crippen LogP contribution in [0.25, 0.3) is 0 Å². The third-order valence-corrected chi connectivity index (χ3v) is 5.24. The molecule has 2 rings (SSSR count). The van der Waals surface area contributed by atoms with Crippen molar-refractivity contribution in [3.63, 3.8) is 0 Å². The summed E-state index contributed by atoms with van der Waals surface area (Å²) in [6.45, 7) is 4.38. The fourth-order valence-corrected chi connectivity index (χ4v) is 3.42. The number of ether oxygens (including phenoxy) is 1. The summed E-state index contributed by atoms with van der Waals surface area (Å²) in [5.41, 5.74) is 2.76. The standard InChI is InChI=1S/C20H23FO2S/c1-20(2,13-22)14-24-19-8-7-18(21)11-17(19)10-15-5-4-6-16(9-15)12-23-3/h4-9,11,13H,10,12,14H2,1-3H3. The average Bonchev–Trinajstić information content (AvgIpc) is 2.55. The van der Waals surface area contributed by atoms with Gasteiger partial charge in [0.2, 0.25) is 0 Å². The van der Waals surface area contributed by atoms with Gasteiger partial charge in [0.25, 0.3) is 0 Å². The molecule has 0 bridgehead atoms. The number of thioether (sulfide) groups is 1. The lowest BCUT2D eigenvalue weighted by Gasteiger charge is -2.17. The van der Waals surface area contributed by atoms with E-state index >= 15 is 0 Å². The van der Waals surface area contributed by atoms with Gasteiger partial charge in [-0.05, 0) is 41.3 Å². The van der Waals surface area contributed by atoms with E-state index in [0.717, 1.165) is 27.9 Å². The van der Waals surface area contributed by atoms with E-state index in [4.69, 9.17) is 4.74 Å². The number of hydrogen-bond donors (Lipinski definition) is 0. The molecular weight excluding hydrogens is 323 g/mol. The van der Waals surface area contributed by atoms with E-state index in [2.05, 4.69) is 6.07 Å². The van der Waals surface area contributed by atoms with Gasteiger partial charge in [0.05, 0.1) is 6.61 Å². The molecule has 128 valence electrons. The predicted molar refractivity (Wildman–Crippen MR) is 96.9 cm³/mol. The zero-order chi connectivity index (χ0) is 17.6. The van der Waals surface area contributed by atoms with Crippen LogP contribution in [0.5, 0.6) is 0 Å². The first kappa shape index (κ1) is 18.7. The Morgan fingerprint density at radius 2 is 1.92 bits per heavy atom. The maximum atomic E-state index is 13.7. The third-order valence-electron chi connectivity index (χ3n) is 3.64. The van der Waals surface area contributed by atoms with Gasteiger partial charge in [0, 0.05) is 23.2 Å². The zero-order valence-electron chi connectivity index (χ0n) is 14.3. The van der Waals surface area contributed by atoms with E-state index in [1.54, 1.807) is 31.0 Å². The van der Waals surface area contributed by atoms with E-state index in [1.807, 2.05) is 32.0 Å². The largest absolute Gasteiger partial charge is 0.380 e. The molecule has 0 spiro atoms. The number of hydrogen-bond acceptors (Lipinski definition) is 3. The topological polar surface area (TPSA) is 26.3 Å². The predicted octanol–water partition coefficient (Wildman–Crippen LogP) is 4.88. The van der Waals surface area contributed by atoms with Crippen LogP contribution in [-0.4, -0.2) is 19.1 Å². The number of benzene rings is 2. The Labute approximate surface area is 147 Å². The minimum absolute atomic E-state index is 0.239. The monoisotopic (exact) mass is 346 g/mol. The molecule has 0 aliphatic carbocycles. The molecule has 0 unspecified atom stereocenters. The van der Waals surface area contributed by atoms with Crippen LogP contribution < -0.4 is 0 Å². The van der Waals surface area contributed by atoms with E-state index in [9.17, 15) is 9.18 Å². The molecule has 0 atom stereocenters. The highest BCUT2D eigenvalue weighted by atomic mass is 32.2. The maximum Gasteiger partial charge on any atom is 0.126 e. The second-order valence-electron chi connectivity index (χ2n) is 6.58. The second-order valence-corrected chi connectivity index (χ2v) is 7.59. The molecule has 0 aromatic heterocycles. The normalized spacial score (nSPS) is 11.5. The SMILES string of the molecule is COCc1cccc(Cc2cc(F)ccc2SCC(C)(C)C=O)c1. The number of aldehydes is 1. The van der Waals surface area contributed by atoms with Crippen LogP contribution in [0.3, 0.4) is 0 Å². The molecule has 2 aromatic rings. The Morgan fingerprint density at radius 1 is 1.17 bits per heavy atom. The molecule has 0 aliphatic rings. The van der Waals surface area contributed by atoms with Crippen LogP contribution in [0.15, 0.2) is 47.4 Å². The first-order valence-corrected chi connectivity index (χ1v) is 8.86. The van der Waals surface area contributed by atoms with Gasteiger partial charge >= 0.3 is 0 Å². The molecule has 0 heterocycles. The minimum atomic E-state index is -0.394. The Balaban J connectivity index is 2.21. The number of rotatable bonds is 8. The van der Waals surface area contributed by atoms with Crippen molar-refractivity contribution in [2.75, 3.05) is 12.9 Å². The van der Waals surface area contributed by atoms with Crippen LogP contribution in [0, 0.1) is 11.2 Å². The summed E-state index contributed by atoms with van der Waals surface area (Å²) >= 11 is 1.60. The Morgan fingerprint density at radius 3 is 2.62 bits per heavy atom. The molecule has 4 heteroatoms. The highest BCUT2D eigenvalue weighted by molar-refractivity contribution is 7.99. The number of carbonyl (C=O) groups is 1. The van der Waals surface area contributed by atoms with Crippen molar-refractivity contribution in [2.24, 2.45) is 5.41 Å². The first-order chi connectivity index (χ1) is 11.4. The second kappa shape index (κ2) is 8.45. The summed E-state index contributed by atoms with van der Waals surface area (Å²) in [5.74, 6) is 0.427. The molecule has 0 aliphatic heterocycles. The molecule has 0 saturated carbocycles. The van der Waals surface area contributed by atoms with Crippen molar-refractivity contribution in [1.82, 2.24) is 0 Å². The molecule has 0 N–H and O–H groups in total. The molecule has 24 heavy (non-hydrogen) atoms. The van der Waals surface area contributed by atoms with Gasteiger partial charge in [0.15, 0.2) is 0 Å². The zero-order valence-corrected chi connectivity index (χ0v) is 15.2. The van der Waals surface area contributed by atoms with Gasteiger partial charge in [-0.1, -0.05) is 38.1 Å². The van der Waals surface area contributed by atoms with E-state index < -0.39 is 5.41 Å². The van der Waals surface area contributed by atoms with Crippen LogP contribution in [0.1, 0.15) is 30.5 Å². The smallest absolute Gasteiger partial charge is 0.126 e. The van der Waals surface area contributed by atoms with Crippen molar-refractivity contribution >= 4 is 18.0 Å². The lowest BCUT2D eigenvalue weighted by molar-refractivity contribution is -0.113. The molecule has 2 aromatic carbocycles. The molecular formula is C20H23FO2S. The molecule has 0 saturated heterocycles.